The number of nitrogens with one attached hydrogen (secondary N) is 1. The summed E-state index contributed by atoms with van der Waals surface area (Å²) in [5.74, 6) is 4.90. The zero-order valence-corrected chi connectivity index (χ0v) is 3.94. The first-order valence-electron chi connectivity index (χ1n) is 1.96. The van der Waals surface area contributed by atoms with Crippen LogP contribution in [0.25, 0.3) is 0 Å². The van der Waals surface area contributed by atoms with Gasteiger partial charge in [-0.25, -0.2) is 0 Å². The van der Waals surface area contributed by atoms with Crippen molar-refractivity contribution in [1.29, 1.82) is 0 Å². The van der Waals surface area contributed by atoms with Gasteiger partial charge in [-0.2, -0.15) is 0 Å². The van der Waals surface area contributed by atoms with E-state index < -0.39 is 0 Å². The number of hydrogen-bond acceptors (Lipinski definition) is 3. The summed E-state index contributed by atoms with van der Waals surface area (Å²) in [7, 11) is 0. The van der Waals surface area contributed by atoms with E-state index in [0.717, 1.165) is 0 Å². The van der Waals surface area contributed by atoms with E-state index in [1.54, 1.807) is 0 Å². The maximum Gasteiger partial charge on any atom is 0.0247 e. The Kier molecular flexibility index (Phi) is 3.02. The number of hydrogen-bond donors (Lipinski definition) is 3. The summed E-state index contributed by atoms with van der Waals surface area (Å²) in [6.07, 6.45) is 0. The van der Waals surface area contributed by atoms with Gasteiger partial charge in [-0.05, 0) is 6.92 Å². The van der Waals surface area contributed by atoms with Crippen molar-refractivity contribution in [3.8, 4) is 0 Å². The molecule has 3 heteroatoms. The molecule has 0 heterocycles. The Morgan fingerprint density at radius 1 is 1.83 bits per heavy atom. The van der Waals surface area contributed by atoms with E-state index in [4.69, 9.17) is 11.6 Å². The minimum absolute atomic E-state index is 0.162. The van der Waals surface area contributed by atoms with Crippen LogP contribution in [-0.2, 0) is 0 Å². The third-order valence-corrected chi connectivity index (χ3v) is 0.440. The van der Waals surface area contributed by atoms with Crippen molar-refractivity contribution in [3.63, 3.8) is 0 Å². The molecule has 3 nitrogen and oxygen atoms in total. The van der Waals surface area contributed by atoms with Gasteiger partial charge in [0.05, 0.1) is 0 Å². The molecule has 0 spiro atoms. The third kappa shape index (κ3) is 3.88. The van der Waals surface area contributed by atoms with Gasteiger partial charge in [-0.1, -0.05) is 0 Å². The van der Waals surface area contributed by atoms with Crippen molar-refractivity contribution in [2.24, 2.45) is 11.6 Å². The standard InChI is InChI=1S/C3H11N3/c1-3(4)2-6-5/h3,6H,2,4-5H2,1H3. The highest BCUT2D eigenvalue weighted by atomic mass is 15.2. The second-order valence-corrected chi connectivity index (χ2v) is 1.39. The molecule has 0 fully saturated rings. The fraction of sp³-hybridized carbons (Fsp3) is 1.00. The summed E-state index contributed by atoms with van der Waals surface area (Å²) >= 11 is 0. The van der Waals surface area contributed by atoms with E-state index in [0.29, 0.717) is 6.54 Å². The van der Waals surface area contributed by atoms with Gasteiger partial charge in [0, 0.05) is 12.6 Å². The lowest BCUT2D eigenvalue weighted by molar-refractivity contribution is 0.631. The molecular formula is C3H11N3. The van der Waals surface area contributed by atoms with E-state index in [1.165, 1.54) is 0 Å². The Bertz CT molecular complexity index is 27.2. The average molecular weight is 89.1 g/mol. The lowest BCUT2D eigenvalue weighted by Gasteiger charge is -1.98. The first-order chi connectivity index (χ1) is 2.77. The molecule has 5 N–H and O–H groups in total. The highest BCUT2D eigenvalue weighted by Crippen LogP contribution is 1.62. The van der Waals surface area contributed by atoms with Crippen LogP contribution < -0.4 is 17.0 Å². The van der Waals surface area contributed by atoms with E-state index >= 15 is 0 Å². The summed E-state index contributed by atoms with van der Waals surface area (Å²) in [5, 5.41) is 0. The van der Waals surface area contributed by atoms with Crippen LogP contribution >= 0.6 is 0 Å². The molecule has 0 aromatic heterocycles. The van der Waals surface area contributed by atoms with E-state index in [1.807, 2.05) is 6.92 Å². The lowest BCUT2D eigenvalue weighted by atomic mass is 10.4. The van der Waals surface area contributed by atoms with Crippen LogP contribution in [0.4, 0.5) is 0 Å². The minimum Gasteiger partial charge on any atom is -0.327 e. The van der Waals surface area contributed by atoms with Crippen LogP contribution in [0.5, 0.6) is 0 Å². The molecule has 0 aliphatic rings. The average Bonchev–Trinajstić information content (AvgIpc) is 1.35. The van der Waals surface area contributed by atoms with E-state index in [9.17, 15) is 0 Å². The van der Waals surface area contributed by atoms with Crippen LogP contribution in [-0.4, -0.2) is 12.6 Å². The van der Waals surface area contributed by atoms with Crippen LogP contribution in [0.3, 0.4) is 0 Å². The SMILES string of the molecule is CC(N)CNN. The molecular weight excluding hydrogens is 78.1 g/mol. The van der Waals surface area contributed by atoms with E-state index in [2.05, 4.69) is 5.43 Å². The van der Waals surface area contributed by atoms with Crippen molar-refractivity contribution >= 4 is 0 Å². The molecule has 1 atom stereocenters. The fourth-order valence-corrected chi connectivity index (χ4v) is 0.186. The molecule has 0 aromatic rings. The molecule has 0 saturated heterocycles. The highest BCUT2D eigenvalue weighted by Gasteiger charge is 1.84. The van der Waals surface area contributed by atoms with Crippen molar-refractivity contribution < 1.29 is 0 Å². The largest absolute Gasteiger partial charge is 0.327 e. The summed E-state index contributed by atoms with van der Waals surface area (Å²) in [6.45, 7) is 2.57. The Hall–Kier alpha value is -0.120. The first-order valence-corrected chi connectivity index (χ1v) is 1.96. The van der Waals surface area contributed by atoms with Gasteiger partial charge in [0.1, 0.15) is 0 Å². The number of nitrogens with two attached hydrogens (primary N) is 2. The van der Waals surface area contributed by atoms with Gasteiger partial charge in [0.25, 0.3) is 0 Å². The van der Waals surface area contributed by atoms with Crippen molar-refractivity contribution in [2.75, 3.05) is 6.54 Å². The summed E-state index contributed by atoms with van der Waals surface area (Å²) in [4.78, 5) is 0. The first kappa shape index (κ1) is 5.88. The van der Waals surface area contributed by atoms with Gasteiger partial charge in [-0.15, -0.1) is 0 Å². The molecule has 0 saturated carbocycles. The molecule has 38 valence electrons. The fourth-order valence-electron chi connectivity index (χ4n) is 0.186. The molecule has 0 radical (unpaired) electrons. The number of rotatable bonds is 2. The molecule has 0 aliphatic heterocycles. The third-order valence-electron chi connectivity index (χ3n) is 0.440. The monoisotopic (exact) mass is 89.1 g/mol. The van der Waals surface area contributed by atoms with Crippen LogP contribution in [0.2, 0.25) is 0 Å². The van der Waals surface area contributed by atoms with Crippen LogP contribution in [0.15, 0.2) is 0 Å². The second-order valence-electron chi connectivity index (χ2n) is 1.39. The maximum absolute atomic E-state index is 5.26. The van der Waals surface area contributed by atoms with E-state index in [-0.39, 0.29) is 6.04 Å². The van der Waals surface area contributed by atoms with Crippen molar-refractivity contribution in [2.45, 2.75) is 13.0 Å². The normalized spacial score (nSPS) is 14.5. The van der Waals surface area contributed by atoms with Crippen molar-refractivity contribution in [1.82, 2.24) is 5.43 Å². The lowest BCUT2D eigenvalue weighted by Crippen LogP contribution is -2.35. The Balaban J connectivity index is 2.63. The second kappa shape index (κ2) is 3.08. The quantitative estimate of drug-likeness (QED) is 0.294. The highest BCUT2D eigenvalue weighted by molar-refractivity contribution is 4.50. The predicted octanol–water partition coefficient (Wildman–Crippen LogP) is -1.20. The molecule has 6 heavy (non-hydrogen) atoms. The summed E-state index contributed by atoms with van der Waals surface area (Å²) in [5.41, 5.74) is 7.70. The van der Waals surface area contributed by atoms with Gasteiger partial charge in [0.15, 0.2) is 0 Å². The number of hydrazine groups is 1. The predicted molar refractivity (Wildman–Crippen MR) is 25.8 cm³/mol. The Morgan fingerprint density at radius 3 is 2.33 bits per heavy atom. The molecule has 0 rings (SSSR count). The Labute approximate surface area is 37.7 Å². The van der Waals surface area contributed by atoms with Gasteiger partial charge in [-0.3, -0.25) is 11.3 Å². The zero-order chi connectivity index (χ0) is 4.99. The molecule has 0 bridgehead atoms. The van der Waals surface area contributed by atoms with Gasteiger partial charge in [0.2, 0.25) is 0 Å². The molecule has 0 aliphatic carbocycles. The topological polar surface area (TPSA) is 64.1 Å². The molecule has 0 amide bonds. The Morgan fingerprint density at radius 2 is 2.33 bits per heavy atom. The maximum atomic E-state index is 5.26. The van der Waals surface area contributed by atoms with Gasteiger partial charge >= 0.3 is 0 Å². The molecule has 0 aromatic carbocycles. The summed E-state index contributed by atoms with van der Waals surface area (Å²) in [6, 6.07) is 0.162. The minimum atomic E-state index is 0.162. The zero-order valence-electron chi connectivity index (χ0n) is 3.94. The smallest absolute Gasteiger partial charge is 0.0247 e. The molecule has 1 unspecified atom stereocenters. The van der Waals surface area contributed by atoms with Crippen LogP contribution in [0, 0.1) is 0 Å². The van der Waals surface area contributed by atoms with Gasteiger partial charge < -0.3 is 5.73 Å². The van der Waals surface area contributed by atoms with Crippen LogP contribution in [0.1, 0.15) is 6.92 Å². The summed E-state index contributed by atoms with van der Waals surface area (Å²) < 4.78 is 0. The van der Waals surface area contributed by atoms with Crippen molar-refractivity contribution in [3.05, 3.63) is 0 Å².